The van der Waals surface area contributed by atoms with Gasteiger partial charge in [-0.25, -0.2) is 4.79 Å². The predicted molar refractivity (Wildman–Crippen MR) is 72.9 cm³/mol. The van der Waals surface area contributed by atoms with E-state index in [1.54, 1.807) is 0 Å². The van der Waals surface area contributed by atoms with Gasteiger partial charge in [0, 0.05) is 0 Å². The monoisotopic (exact) mass is 246 g/mol. The molecule has 1 aromatic rings. The van der Waals surface area contributed by atoms with Gasteiger partial charge in [0.1, 0.15) is 0 Å². The highest BCUT2D eigenvalue weighted by Gasteiger charge is 2.25. The van der Waals surface area contributed by atoms with Gasteiger partial charge in [-0.1, -0.05) is 26.3 Å². The van der Waals surface area contributed by atoms with Gasteiger partial charge >= 0.3 is 5.97 Å². The van der Waals surface area contributed by atoms with Gasteiger partial charge in [0.25, 0.3) is 0 Å². The molecule has 0 fully saturated rings. The second kappa shape index (κ2) is 5.55. The van der Waals surface area contributed by atoms with Gasteiger partial charge < -0.3 is 4.74 Å². The van der Waals surface area contributed by atoms with E-state index in [4.69, 9.17) is 4.74 Å². The zero-order chi connectivity index (χ0) is 13.1. The third-order valence-electron chi connectivity index (χ3n) is 4.16. The fraction of sp³-hybridized carbons (Fsp3) is 0.562. The van der Waals surface area contributed by atoms with Crippen LogP contribution in [0, 0.1) is 5.92 Å². The maximum absolute atomic E-state index is 11.7. The highest BCUT2D eigenvalue weighted by molar-refractivity contribution is 5.89. The molecule has 0 saturated heterocycles. The molecule has 2 heteroatoms. The SMILES string of the molecule is CCOC(=O)c1ccc2c(c1)CCC(CC)C2C. The first-order chi connectivity index (χ1) is 8.67. The van der Waals surface area contributed by atoms with Crippen molar-refractivity contribution in [3.63, 3.8) is 0 Å². The van der Waals surface area contributed by atoms with Gasteiger partial charge in [-0.3, -0.25) is 0 Å². The zero-order valence-electron chi connectivity index (χ0n) is 11.5. The first kappa shape index (κ1) is 13.1. The topological polar surface area (TPSA) is 26.3 Å². The largest absolute Gasteiger partial charge is 0.462 e. The lowest BCUT2D eigenvalue weighted by Gasteiger charge is -2.30. The Balaban J connectivity index is 2.26. The average Bonchev–Trinajstić information content (AvgIpc) is 2.39. The van der Waals surface area contributed by atoms with E-state index in [2.05, 4.69) is 19.9 Å². The summed E-state index contributed by atoms with van der Waals surface area (Å²) in [5.74, 6) is 1.19. The summed E-state index contributed by atoms with van der Waals surface area (Å²) in [6.45, 7) is 6.84. The lowest BCUT2D eigenvalue weighted by atomic mass is 9.74. The summed E-state index contributed by atoms with van der Waals surface area (Å²) in [7, 11) is 0. The molecule has 0 bridgehead atoms. The lowest BCUT2D eigenvalue weighted by Crippen LogP contribution is -2.18. The number of ether oxygens (including phenoxy) is 1. The standard InChI is InChI=1S/C16H22O2/c1-4-12-6-7-13-10-14(16(17)18-5-2)8-9-15(13)11(12)3/h8-12H,4-7H2,1-3H3. The van der Waals surface area contributed by atoms with Crippen LogP contribution >= 0.6 is 0 Å². The molecule has 0 spiro atoms. The molecule has 0 radical (unpaired) electrons. The van der Waals surface area contributed by atoms with Crippen molar-refractivity contribution in [3.05, 3.63) is 34.9 Å². The van der Waals surface area contributed by atoms with E-state index in [-0.39, 0.29) is 5.97 Å². The lowest BCUT2D eigenvalue weighted by molar-refractivity contribution is 0.0526. The Bertz CT molecular complexity index is 437. The number of rotatable bonds is 3. The Kier molecular flexibility index (Phi) is 4.05. The van der Waals surface area contributed by atoms with Crippen molar-refractivity contribution >= 4 is 5.97 Å². The van der Waals surface area contributed by atoms with Crippen molar-refractivity contribution in [1.82, 2.24) is 0 Å². The van der Waals surface area contributed by atoms with E-state index in [0.717, 1.165) is 12.3 Å². The van der Waals surface area contributed by atoms with E-state index in [9.17, 15) is 4.79 Å². The van der Waals surface area contributed by atoms with Gasteiger partial charge in [-0.15, -0.1) is 0 Å². The summed E-state index contributed by atoms with van der Waals surface area (Å²) in [6, 6.07) is 6.05. The quantitative estimate of drug-likeness (QED) is 0.755. The molecular formula is C16H22O2. The van der Waals surface area contributed by atoms with Gasteiger partial charge in [0.2, 0.25) is 0 Å². The van der Waals surface area contributed by atoms with Crippen LogP contribution in [-0.4, -0.2) is 12.6 Å². The third kappa shape index (κ3) is 2.43. The third-order valence-corrected chi connectivity index (χ3v) is 4.16. The molecule has 2 rings (SSSR count). The maximum Gasteiger partial charge on any atom is 0.338 e. The Hall–Kier alpha value is -1.31. The highest BCUT2D eigenvalue weighted by Crippen LogP contribution is 2.37. The van der Waals surface area contributed by atoms with Crippen LogP contribution in [0.4, 0.5) is 0 Å². The number of carbonyl (C=O) groups excluding carboxylic acids is 1. The molecule has 0 N–H and O–H groups in total. The van der Waals surface area contributed by atoms with Crippen molar-refractivity contribution in [2.24, 2.45) is 5.92 Å². The molecule has 2 atom stereocenters. The molecule has 98 valence electrons. The Morgan fingerprint density at radius 3 is 2.83 bits per heavy atom. The molecule has 0 heterocycles. The Morgan fingerprint density at radius 2 is 2.17 bits per heavy atom. The molecule has 0 aromatic heterocycles. The minimum atomic E-state index is -0.203. The minimum Gasteiger partial charge on any atom is -0.462 e. The molecule has 18 heavy (non-hydrogen) atoms. The first-order valence-electron chi connectivity index (χ1n) is 6.97. The summed E-state index contributed by atoms with van der Waals surface area (Å²) < 4.78 is 5.05. The number of aryl methyl sites for hydroxylation is 1. The maximum atomic E-state index is 11.7. The number of esters is 1. The van der Waals surface area contributed by atoms with E-state index >= 15 is 0 Å². The van der Waals surface area contributed by atoms with E-state index in [0.29, 0.717) is 18.1 Å². The van der Waals surface area contributed by atoms with Crippen LogP contribution in [0.3, 0.4) is 0 Å². The first-order valence-corrected chi connectivity index (χ1v) is 6.97. The van der Waals surface area contributed by atoms with Gasteiger partial charge in [0.05, 0.1) is 12.2 Å². The fourth-order valence-corrected chi connectivity index (χ4v) is 3.01. The molecule has 0 saturated carbocycles. The summed E-state index contributed by atoms with van der Waals surface area (Å²) in [5.41, 5.74) is 3.44. The van der Waals surface area contributed by atoms with Gasteiger partial charge in [-0.2, -0.15) is 0 Å². The number of hydrogen-bond acceptors (Lipinski definition) is 2. The van der Waals surface area contributed by atoms with Crippen LogP contribution < -0.4 is 0 Å². The Labute approximate surface area is 109 Å². The van der Waals surface area contributed by atoms with Crippen LogP contribution in [0.2, 0.25) is 0 Å². The summed E-state index contributed by atoms with van der Waals surface area (Å²) in [5, 5.41) is 0. The summed E-state index contributed by atoms with van der Waals surface area (Å²) >= 11 is 0. The zero-order valence-corrected chi connectivity index (χ0v) is 11.5. The normalized spacial score (nSPS) is 22.4. The molecular weight excluding hydrogens is 224 g/mol. The second-order valence-corrected chi connectivity index (χ2v) is 5.13. The minimum absolute atomic E-state index is 0.203. The summed E-state index contributed by atoms with van der Waals surface area (Å²) in [4.78, 5) is 11.7. The van der Waals surface area contributed by atoms with Crippen molar-refractivity contribution in [2.75, 3.05) is 6.61 Å². The van der Waals surface area contributed by atoms with Crippen molar-refractivity contribution < 1.29 is 9.53 Å². The molecule has 1 aliphatic rings. The predicted octanol–water partition coefficient (Wildman–Crippen LogP) is 3.94. The number of hydrogen-bond donors (Lipinski definition) is 0. The van der Waals surface area contributed by atoms with Crippen LogP contribution in [0.1, 0.15) is 61.0 Å². The smallest absolute Gasteiger partial charge is 0.338 e. The molecule has 1 aliphatic carbocycles. The Morgan fingerprint density at radius 1 is 1.39 bits per heavy atom. The molecule has 0 amide bonds. The average molecular weight is 246 g/mol. The number of benzene rings is 1. The van der Waals surface area contributed by atoms with Gasteiger partial charge in [-0.05, 0) is 54.9 Å². The van der Waals surface area contributed by atoms with Gasteiger partial charge in [0.15, 0.2) is 0 Å². The van der Waals surface area contributed by atoms with Crippen LogP contribution in [-0.2, 0) is 11.2 Å². The van der Waals surface area contributed by atoms with Crippen molar-refractivity contribution in [2.45, 2.75) is 46.0 Å². The molecule has 2 nitrogen and oxygen atoms in total. The van der Waals surface area contributed by atoms with Crippen molar-refractivity contribution in [3.8, 4) is 0 Å². The van der Waals surface area contributed by atoms with Crippen LogP contribution in [0.15, 0.2) is 18.2 Å². The molecule has 2 unspecified atom stereocenters. The summed E-state index contributed by atoms with van der Waals surface area (Å²) in [6.07, 6.45) is 3.56. The van der Waals surface area contributed by atoms with Crippen LogP contribution in [0.5, 0.6) is 0 Å². The molecule has 0 aliphatic heterocycles. The number of fused-ring (bicyclic) bond motifs is 1. The van der Waals surface area contributed by atoms with E-state index < -0.39 is 0 Å². The van der Waals surface area contributed by atoms with E-state index in [1.807, 2.05) is 19.1 Å². The second-order valence-electron chi connectivity index (χ2n) is 5.13. The van der Waals surface area contributed by atoms with Crippen LogP contribution in [0.25, 0.3) is 0 Å². The molecule has 1 aromatic carbocycles. The number of carbonyl (C=O) groups is 1. The van der Waals surface area contributed by atoms with E-state index in [1.165, 1.54) is 24.0 Å². The highest BCUT2D eigenvalue weighted by atomic mass is 16.5. The fourth-order valence-electron chi connectivity index (χ4n) is 3.01. The van der Waals surface area contributed by atoms with Crippen molar-refractivity contribution in [1.29, 1.82) is 0 Å².